The van der Waals surface area contributed by atoms with Crippen molar-refractivity contribution in [3.63, 3.8) is 0 Å². The van der Waals surface area contributed by atoms with Crippen LogP contribution < -0.4 is 5.32 Å². The van der Waals surface area contributed by atoms with Crippen molar-refractivity contribution in [2.45, 2.75) is 23.3 Å². The lowest BCUT2D eigenvalue weighted by molar-refractivity contribution is 0.139. The Hall–Kier alpha value is -3.82. The highest BCUT2D eigenvalue weighted by Crippen LogP contribution is 2.36. The average Bonchev–Trinajstić information content (AvgIpc) is 2.90. The number of pyridine rings is 1. The molecule has 6 nitrogen and oxygen atoms in total. The van der Waals surface area contributed by atoms with Crippen molar-refractivity contribution in [1.82, 2.24) is 10.3 Å². The van der Waals surface area contributed by atoms with Crippen LogP contribution in [0.3, 0.4) is 0 Å². The Morgan fingerprint density at radius 3 is 2.35 bits per heavy atom. The molecule has 1 N–H and O–H groups in total. The van der Waals surface area contributed by atoms with Crippen molar-refractivity contribution in [2.75, 3.05) is 0 Å². The van der Waals surface area contributed by atoms with E-state index in [0.717, 1.165) is 23.8 Å². The van der Waals surface area contributed by atoms with Crippen LogP contribution in [-0.2, 0) is 27.7 Å². The molecule has 1 atom stereocenters. The number of carbonyl (C=O) groups is 1. The van der Waals surface area contributed by atoms with E-state index in [1.807, 2.05) is 30.3 Å². The molecule has 10 heteroatoms. The highest BCUT2D eigenvalue weighted by atomic mass is 35.5. The third kappa shape index (κ3) is 6.49. The van der Waals surface area contributed by atoms with E-state index in [4.69, 9.17) is 16.3 Å². The molecule has 0 bridgehead atoms. The number of alkyl carbamates (subject to hydrolysis) is 1. The molecule has 1 heterocycles. The second kappa shape index (κ2) is 11.5. The standard InChI is InChI=1S/C27H21ClF2N2O4S/c28-20-7-10-22(11-8-20)37(34,35)26(23-14-21(29)9-12-24(23)30)25-13-6-19(16-31-25)17-36-27(33)32-15-18-4-2-1-3-5-18/h1-14,16,26H,15,17H2,(H,32,33). The van der Waals surface area contributed by atoms with Gasteiger partial charge in [0.1, 0.15) is 23.5 Å². The molecule has 1 amide bonds. The Morgan fingerprint density at radius 2 is 1.68 bits per heavy atom. The third-order valence-corrected chi connectivity index (χ3v) is 7.76. The van der Waals surface area contributed by atoms with E-state index in [1.165, 1.54) is 42.6 Å². The first-order chi connectivity index (χ1) is 17.7. The summed E-state index contributed by atoms with van der Waals surface area (Å²) < 4.78 is 61.1. The van der Waals surface area contributed by atoms with Crippen LogP contribution >= 0.6 is 11.6 Å². The average molecular weight is 543 g/mol. The first-order valence-electron chi connectivity index (χ1n) is 11.1. The SMILES string of the molecule is O=C(NCc1ccccc1)OCc1ccc(C(c2cc(F)ccc2F)S(=O)(=O)c2ccc(Cl)cc2)nc1. The minimum Gasteiger partial charge on any atom is -0.445 e. The minimum atomic E-state index is -4.26. The number of hydrogen-bond acceptors (Lipinski definition) is 5. The summed E-state index contributed by atoms with van der Waals surface area (Å²) in [6.45, 7) is 0.164. The van der Waals surface area contributed by atoms with Gasteiger partial charge in [-0.1, -0.05) is 48.0 Å². The number of halogens is 3. The smallest absolute Gasteiger partial charge is 0.407 e. The largest absolute Gasteiger partial charge is 0.445 e. The molecule has 0 aliphatic heterocycles. The number of nitrogens with zero attached hydrogens (tertiary/aromatic N) is 1. The summed E-state index contributed by atoms with van der Waals surface area (Å²) >= 11 is 5.88. The highest BCUT2D eigenvalue weighted by molar-refractivity contribution is 7.91. The summed E-state index contributed by atoms with van der Waals surface area (Å²) in [7, 11) is -4.26. The number of aromatic nitrogens is 1. The lowest BCUT2D eigenvalue weighted by Crippen LogP contribution is -2.23. The van der Waals surface area contributed by atoms with Crippen LogP contribution in [0.1, 0.15) is 27.6 Å². The zero-order chi connectivity index (χ0) is 26.4. The minimum absolute atomic E-state index is 0.0308. The summed E-state index contributed by atoms with van der Waals surface area (Å²) in [5.41, 5.74) is 0.965. The number of ether oxygens (including phenoxy) is 1. The molecular formula is C27H21ClF2N2O4S. The molecule has 1 unspecified atom stereocenters. The Bertz CT molecular complexity index is 1480. The van der Waals surface area contributed by atoms with Crippen LogP contribution in [0.15, 0.2) is 96.0 Å². The number of sulfone groups is 1. The molecule has 4 rings (SSSR count). The Balaban J connectivity index is 1.55. The molecule has 37 heavy (non-hydrogen) atoms. The molecule has 0 fully saturated rings. The van der Waals surface area contributed by atoms with Crippen molar-refractivity contribution in [3.8, 4) is 0 Å². The molecule has 0 aliphatic carbocycles. The lowest BCUT2D eigenvalue weighted by atomic mass is 10.1. The molecule has 0 radical (unpaired) electrons. The van der Waals surface area contributed by atoms with Gasteiger partial charge >= 0.3 is 6.09 Å². The zero-order valence-electron chi connectivity index (χ0n) is 19.3. The maximum Gasteiger partial charge on any atom is 0.407 e. The van der Waals surface area contributed by atoms with Gasteiger partial charge in [0.25, 0.3) is 0 Å². The molecule has 0 saturated heterocycles. The fraction of sp³-hybridized carbons (Fsp3) is 0.111. The zero-order valence-corrected chi connectivity index (χ0v) is 20.8. The van der Waals surface area contributed by atoms with Gasteiger partial charge in [-0.2, -0.15) is 0 Å². The summed E-state index contributed by atoms with van der Waals surface area (Å²) in [6, 6.07) is 20.2. The quantitative estimate of drug-likeness (QED) is 0.295. The summed E-state index contributed by atoms with van der Waals surface area (Å²) in [5, 5.41) is 1.32. The van der Waals surface area contributed by atoms with Crippen LogP contribution in [0, 0.1) is 11.6 Å². The second-order valence-electron chi connectivity index (χ2n) is 8.05. The predicted molar refractivity (Wildman–Crippen MR) is 135 cm³/mol. The van der Waals surface area contributed by atoms with E-state index in [-0.39, 0.29) is 22.8 Å². The normalized spacial score (nSPS) is 12.1. The summed E-state index contributed by atoms with van der Waals surface area (Å²) in [5.74, 6) is -1.69. The van der Waals surface area contributed by atoms with Gasteiger partial charge in [-0.3, -0.25) is 4.98 Å². The first-order valence-corrected chi connectivity index (χ1v) is 13.0. The van der Waals surface area contributed by atoms with E-state index >= 15 is 0 Å². The van der Waals surface area contributed by atoms with Gasteiger partial charge in [0, 0.05) is 28.9 Å². The van der Waals surface area contributed by atoms with Crippen molar-refractivity contribution in [2.24, 2.45) is 0 Å². The van der Waals surface area contributed by atoms with Gasteiger partial charge in [-0.15, -0.1) is 0 Å². The number of amides is 1. The molecule has 0 aliphatic rings. The van der Waals surface area contributed by atoms with Crippen molar-refractivity contribution >= 4 is 27.5 Å². The van der Waals surface area contributed by atoms with Crippen LogP contribution in [0.25, 0.3) is 0 Å². The number of nitrogens with one attached hydrogen (secondary N) is 1. The van der Waals surface area contributed by atoms with E-state index < -0.39 is 32.8 Å². The maximum absolute atomic E-state index is 14.8. The molecule has 190 valence electrons. The lowest BCUT2D eigenvalue weighted by Gasteiger charge is -2.19. The molecule has 0 saturated carbocycles. The number of rotatable bonds is 8. The fourth-order valence-corrected chi connectivity index (χ4v) is 5.49. The van der Waals surface area contributed by atoms with Crippen LogP contribution in [0.2, 0.25) is 5.02 Å². The van der Waals surface area contributed by atoms with Gasteiger partial charge in [0.2, 0.25) is 0 Å². The second-order valence-corrected chi connectivity index (χ2v) is 10.5. The Morgan fingerprint density at radius 1 is 0.946 bits per heavy atom. The van der Waals surface area contributed by atoms with E-state index in [0.29, 0.717) is 17.1 Å². The molecule has 1 aromatic heterocycles. The summed E-state index contributed by atoms with van der Waals surface area (Å²) in [4.78, 5) is 16.1. The fourth-order valence-electron chi connectivity index (χ4n) is 3.61. The van der Waals surface area contributed by atoms with E-state index in [2.05, 4.69) is 10.3 Å². The van der Waals surface area contributed by atoms with Crippen LogP contribution in [-0.4, -0.2) is 19.5 Å². The van der Waals surface area contributed by atoms with Crippen molar-refractivity contribution in [3.05, 3.63) is 130 Å². The Kier molecular flexibility index (Phi) is 8.15. The van der Waals surface area contributed by atoms with Gasteiger partial charge in [0.05, 0.1) is 10.6 Å². The van der Waals surface area contributed by atoms with E-state index in [9.17, 15) is 22.0 Å². The summed E-state index contributed by atoms with van der Waals surface area (Å²) in [6.07, 6.45) is 0.680. The van der Waals surface area contributed by atoms with Gasteiger partial charge in [-0.25, -0.2) is 22.0 Å². The third-order valence-electron chi connectivity index (χ3n) is 5.46. The molecule has 4 aromatic rings. The van der Waals surface area contributed by atoms with Crippen molar-refractivity contribution < 1.29 is 26.7 Å². The number of hydrogen-bond donors (Lipinski definition) is 1. The molecular weight excluding hydrogens is 522 g/mol. The van der Waals surface area contributed by atoms with Crippen LogP contribution in [0.5, 0.6) is 0 Å². The number of benzene rings is 3. The predicted octanol–water partition coefficient (Wildman–Crippen LogP) is 6.00. The highest BCUT2D eigenvalue weighted by Gasteiger charge is 2.34. The van der Waals surface area contributed by atoms with Crippen LogP contribution in [0.4, 0.5) is 13.6 Å². The topological polar surface area (TPSA) is 85.4 Å². The van der Waals surface area contributed by atoms with Gasteiger partial charge < -0.3 is 10.1 Å². The number of carbonyl (C=O) groups excluding carboxylic acids is 1. The molecule has 0 spiro atoms. The van der Waals surface area contributed by atoms with Crippen molar-refractivity contribution in [1.29, 1.82) is 0 Å². The Labute approximate surface area is 217 Å². The van der Waals surface area contributed by atoms with Gasteiger partial charge in [0.15, 0.2) is 9.84 Å². The molecule has 3 aromatic carbocycles. The van der Waals surface area contributed by atoms with E-state index in [1.54, 1.807) is 0 Å². The maximum atomic E-state index is 14.8. The van der Waals surface area contributed by atoms with Gasteiger partial charge in [-0.05, 0) is 54.1 Å². The monoisotopic (exact) mass is 542 g/mol. The first kappa shape index (κ1) is 26.2.